The molecule has 7 atom stereocenters. The average molecular weight is 602 g/mol. The number of alkyl halides is 6. The van der Waals surface area contributed by atoms with Gasteiger partial charge in [-0.15, -0.1) is 0 Å². The van der Waals surface area contributed by atoms with E-state index in [9.17, 15) is 10.2 Å². The zero-order valence-electron chi connectivity index (χ0n) is 17.5. The predicted molar refractivity (Wildman–Crippen MR) is 132 cm³/mol. The van der Waals surface area contributed by atoms with Crippen LogP contribution in [0.4, 0.5) is 0 Å². The number of hydrogen-bond donors (Lipinski definition) is 2. The van der Waals surface area contributed by atoms with E-state index in [2.05, 4.69) is 20.8 Å². The second kappa shape index (κ2) is 6.94. The van der Waals surface area contributed by atoms with Crippen molar-refractivity contribution in [2.24, 2.45) is 22.7 Å². The Morgan fingerprint density at radius 2 is 1.70 bits per heavy atom. The summed E-state index contributed by atoms with van der Waals surface area (Å²) in [5.41, 5.74) is 0.522. The fourth-order valence-corrected chi connectivity index (χ4v) is 40.7. The van der Waals surface area contributed by atoms with Crippen LogP contribution >= 0.6 is 39.6 Å². The minimum absolute atomic E-state index is 0.0401. The molecule has 2 nitrogen and oxygen atoms in total. The number of hydrogen-bond acceptors (Lipinski definition) is 2. The maximum absolute atomic E-state index is 10.7. The van der Waals surface area contributed by atoms with E-state index in [1.54, 1.807) is 10.8 Å². The van der Waals surface area contributed by atoms with Crippen molar-refractivity contribution in [3.05, 3.63) is 0 Å². The normalized spacial score (nSPS) is 53.9. The maximum atomic E-state index is 10.7. The predicted octanol–water partition coefficient (Wildman–Crippen LogP) is 5.63. The van der Waals surface area contributed by atoms with Crippen molar-refractivity contribution in [2.75, 3.05) is 15.5 Å². The van der Waals surface area contributed by atoms with Gasteiger partial charge in [0, 0.05) is 0 Å². The molecule has 2 N–H and O–H groups in total. The summed E-state index contributed by atoms with van der Waals surface area (Å²) in [6, 6.07) is 0. The van der Waals surface area contributed by atoms with Crippen molar-refractivity contribution in [2.45, 2.75) is 93.9 Å². The summed E-state index contributed by atoms with van der Waals surface area (Å²) < 4.78 is 5.91. The molecule has 0 bridgehead atoms. The third-order valence-electron chi connectivity index (χ3n) is 9.67. The fraction of sp³-hybridized carbons (Fsp3) is 1.00. The quantitative estimate of drug-likeness (QED) is 0.302. The Kier molecular flexibility index (Phi) is 5.22. The monoisotopic (exact) mass is 602 g/mol. The van der Waals surface area contributed by atoms with Crippen LogP contribution in [-0.4, -0.2) is 41.1 Å². The SMILES string of the molecule is CC1(C)C(O)CCI2C3CCC4[C@H]5CCCC5(CO)CC[C@@]4(C)I3CCC21. The first-order chi connectivity index (χ1) is 12.8. The molecule has 0 spiro atoms. The molecule has 4 heteroatoms. The van der Waals surface area contributed by atoms with E-state index in [4.69, 9.17) is 0 Å². The van der Waals surface area contributed by atoms with Crippen LogP contribution in [0, 0.1) is 22.7 Å². The van der Waals surface area contributed by atoms with Crippen LogP contribution in [0.2, 0.25) is 0 Å². The Hall–Kier alpha value is 1.38. The van der Waals surface area contributed by atoms with E-state index >= 15 is 0 Å². The van der Waals surface area contributed by atoms with Gasteiger partial charge < -0.3 is 0 Å². The van der Waals surface area contributed by atoms with Gasteiger partial charge in [-0.2, -0.15) is 0 Å². The zero-order chi connectivity index (χ0) is 19.0. The minimum atomic E-state index is -0.967. The third-order valence-corrected chi connectivity index (χ3v) is 34.5. The Labute approximate surface area is 180 Å². The van der Waals surface area contributed by atoms with E-state index in [1.807, 2.05) is 0 Å². The van der Waals surface area contributed by atoms with Gasteiger partial charge in [0.05, 0.1) is 0 Å². The summed E-state index contributed by atoms with van der Waals surface area (Å²) in [7, 11) is 0. The molecule has 5 aliphatic rings. The molecule has 0 radical (unpaired) electrons. The fourth-order valence-electron chi connectivity index (χ4n) is 7.90. The van der Waals surface area contributed by atoms with Gasteiger partial charge in [-0.05, 0) is 0 Å². The van der Waals surface area contributed by atoms with E-state index < -0.39 is 39.6 Å². The molecule has 0 aromatic heterocycles. The summed E-state index contributed by atoms with van der Waals surface area (Å²) in [5.74, 6) is 1.81. The van der Waals surface area contributed by atoms with Gasteiger partial charge in [0.1, 0.15) is 0 Å². The standard InChI is InChI=1S/C23H40I2O2/c1-21(2)18-8-14-25-20(24(18)13-9-19(21)27)7-6-16-17-5-4-10-23(17,15-26)12-11-22(16,25)3/h16-20,26-27H,4-15H2,1-3H3/t16?,17-,18?,19?,20?,22-,23?/m1/s1. The molecule has 5 rings (SSSR count). The summed E-state index contributed by atoms with van der Waals surface area (Å²) in [4.78, 5) is 0. The molecule has 0 aromatic rings. The molecule has 2 saturated carbocycles. The summed E-state index contributed by atoms with van der Waals surface area (Å²) in [5, 5.41) is 21.0. The van der Waals surface area contributed by atoms with Crippen molar-refractivity contribution in [1.29, 1.82) is 0 Å². The van der Waals surface area contributed by atoms with Crippen molar-refractivity contribution in [3.63, 3.8) is 0 Å². The molecule has 5 unspecified atom stereocenters. The van der Waals surface area contributed by atoms with Crippen LogP contribution in [0.5, 0.6) is 0 Å². The first-order valence-electron chi connectivity index (χ1n) is 11.4. The van der Waals surface area contributed by atoms with E-state index in [0.717, 1.165) is 22.2 Å². The summed E-state index contributed by atoms with van der Waals surface area (Å²) in [6.07, 6.45) is 12.5. The summed E-state index contributed by atoms with van der Waals surface area (Å²) in [6.45, 7) is 8.03. The Balaban J connectivity index is 1.43. The number of rotatable bonds is 1. The average Bonchev–Trinajstić information content (AvgIpc) is 3.09. The van der Waals surface area contributed by atoms with Gasteiger partial charge in [0.25, 0.3) is 0 Å². The molecule has 3 aliphatic heterocycles. The Morgan fingerprint density at radius 3 is 2.48 bits per heavy atom. The molecule has 0 amide bonds. The van der Waals surface area contributed by atoms with Crippen molar-refractivity contribution in [1.82, 2.24) is 0 Å². The molecule has 158 valence electrons. The molecular weight excluding hydrogens is 562 g/mol. The molecule has 2 aliphatic carbocycles. The molecular formula is C23H40I2O2. The van der Waals surface area contributed by atoms with Gasteiger partial charge in [-0.1, -0.05) is 0 Å². The molecule has 0 aromatic carbocycles. The van der Waals surface area contributed by atoms with E-state index in [1.165, 1.54) is 51.3 Å². The first-order valence-corrected chi connectivity index (χ1v) is 19.3. The molecule has 5 fully saturated rings. The second-order valence-corrected chi connectivity index (χ2v) is 27.2. The zero-order valence-corrected chi connectivity index (χ0v) is 21.8. The number of fused-ring (bicyclic) bond motifs is 7. The molecule has 3 saturated heterocycles. The van der Waals surface area contributed by atoms with Crippen molar-refractivity contribution < 1.29 is 10.2 Å². The van der Waals surface area contributed by atoms with Crippen LogP contribution in [0.25, 0.3) is 0 Å². The van der Waals surface area contributed by atoms with Crippen LogP contribution in [0.1, 0.15) is 78.6 Å². The van der Waals surface area contributed by atoms with Crippen molar-refractivity contribution in [3.8, 4) is 0 Å². The van der Waals surface area contributed by atoms with Crippen LogP contribution in [0.15, 0.2) is 0 Å². The molecule has 27 heavy (non-hydrogen) atoms. The van der Waals surface area contributed by atoms with Gasteiger partial charge in [-0.3, -0.25) is 0 Å². The first kappa shape index (κ1) is 20.3. The van der Waals surface area contributed by atoms with Gasteiger partial charge in [-0.25, -0.2) is 0 Å². The van der Waals surface area contributed by atoms with Crippen LogP contribution in [0.3, 0.4) is 0 Å². The van der Waals surface area contributed by atoms with Crippen LogP contribution in [-0.2, 0) is 0 Å². The topological polar surface area (TPSA) is 40.5 Å². The number of aliphatic hydroxyl groups is 2. The van der Waals surface area contributed by atoms with Gasteiger partial charge in [0.2, 0.25) is 0 Å². The Bertz CT molecular complexity index is 595. The third kappa shape index (κ3) is 2.80. The van der Waals surface area contributed by atoms with Crippen molar-refractivity contribution >= 4 is 39.6 Å². The number of halogens is 2. The summed E-state index contributed by atoms with van der Waals surface area (Å²) >= 11 is -1.92. The second-order valence-electron chi connectivity index (χ2n) is 11.0. The van der Waals surface area contributed by atoms with Crippen LogP contribution < -0.4 is 0 Å². The number of aliphatic hydroxyl groups excluding tert-OH is 2. The Morgan fingerprint density at radius 1 is 0.889 bits per heavy atom. The van der Waals surface area contributed by atoms with E-state index in [0.29, 0.717) is 15.4 Å². The van der Waals surface area contributed by atoms with E-state index in [-0.39, 0.29) is 11.5 Å². The van der Waals surface area contributed by atoms with Gasteiger partial charge in [0.15, 0.2) is 0 Å². The van der Waals surface area contributed by atoms with Gasteiger partial charge >= 0.3 is 182 Å². The molecule has 3 heterocycles.